The van der Waals surface area contributed by atoms with Crippen LogP contribution < -0.4 is 19.1 Å². The highest BCUT2D eigenvalue weighted by molar-refractivity contribution is 6.42. The average molecular weight is 483 g/mol. The van der Waals surface area contributed by atoms with Gasteiger partial charge in [0.15, 0.2) is 11.5 Å². The molecule has 1 amide bonds. The second kappa shape index (κ2) is 9.57. The van der Waals surface area contributed by atoms with Crippen LogP contribution in [0.1, 0.15) is 11.1 Å². The molecule has 4 rings (SSSR count). The van der Waals surface area contributed by atoms with E-state index in [0.717, 1.165) is 5.56 Å². The molecule has 33 heavy (non-hydrogen) atoms. The summed E-state index contributed by atoms with van der Waals surface area (Å²) >= 11 is 12.3. The molecule has 0 bridgehead atoms. The Morgan fingerprint density at radius 3 is 2.24 bits per heavy atom. The van der Waals surface area contributed by atoms with E-state index in [9.17, 15) is 4.79 Å². The van der Waals surface area contributed by atoms with E-state index in [2.05, 4.69) is 4.99 Å². The van der Waals surface area contributed by atoms with Gasteiger partial charge in [0, 0.05) is 11.1 Å². The van der Waals surface area contributed by atoms with E-state index < -0.39 is 0 Å². The Labute approximate surface area is 201 Å². The molecule has 0 spiro atoms. The Bertz CT molecular complexity index is 1290. The zero-order chi connectivity index (χ0) is 23.5. The van der Waals surface area contributed by atoms with Gasteiger partial charge < -0.3 is 14.2 Å². The maximum atomic E-state index is 13.5. The molecule has 0 N–H and O–H groups in total. The summed E-state index contributed by atoms with van der Waals surface area (Å²) < 4.78 is 16.2. The van der Waals surface area contributed by atoms with Gasteiger partial charge in [0.25, 0.3) is 5.91 Å². The van der Waals surface area contributed by atoms with Crippen LogP contribution in [0.2, 0.25) is 10.0 Å². The molecule has 1 heterocycles. The molecule has 0 saturated heterocycles. The van der Waals surface area contributed by atoms with Gasteiger partial charge in [-0.2, -0.15) is 0 Å². The Morgan fingerprint density at radius 1 is 0.818 bits per heavy atom. The second-order valence-corrected chi connectivity index (χ2v) is 7.83. The van der Waals surface area contributed by atoms with E-state index in [1.54, 1.807) is 57.7 Å². The number of rotatable bonds is 6. The van der Waals surface area contributed by atoms with Crippen molar-refractivity contribution in [1.82, 2.24) is 0 Å². The molecular weight excluding hydrogens is 463 g/mol. The maximum absolute atomic E-state index is 13.5. The molecule has 0 aliphatic carbocycles. The molecule has 6 nitrogen and oxygen atoms in total. The predicted molar refractivity (Wildman–Crippen MR) is 131 cm³/mol. The van der Waals surface area contributed by atoms with Crippen molar-refractivity contribution in [2.24, 2.45) is 4.99 Å². The Hall–Kier alpha value is -3.48. The van der Waals surface area contributed by atoms with Gasteiger partial charge in [-0.25, -0.2) is 4.99 Å². The minimum atomic E-state index is -0.316. The molecule has 8 heteroatoms. The predicted octanol–water partition coefficient (Wildman–Crippen LogP) is 5.85. The number of amidine groups is 1. The van der Waals surface area contributed by atoms with Crippen molar-refractivity contribution in [3.63, 3.8) is 0 Å². The summed E-state index contributed by atoms with van der Waals surface area (Å²) in [4.78, 5) is 19.7. The zero-order valence-electron chi connectivity index (χ0n) is 18.1. The number of halogens is 2. The van der Waals surface area contributed by atoms with E-state index in [4.69, 9.17) is 37.4 Å². The number of amides is 1. The van der Waals surface area contributed by atoms with Gasteiger partial charge in [0.05, 0.1) is 37.1 Å². The van der Waals surface area contributed by atoms with E-state index in [1.165, 1.54) is 4.90 Å². The number of hydrogen-bond donors (Lipinski definition) is 0. The van der Waals surface area contributed by atoms with Crippen LogP contribution in [0.4, 0.5) is 5.69 Å². The van der Waals surface area contributed by atoms with Gasteiger partial charge >= 0.3 is 0 Å². The molecule has 3 aromatic rings. The van der Waals surface area contributed by atoms with Crippen LogP contribution in [0.3, 0.4) is 0 Å². The lowest BCUT2D eigenvalue weighted by molar-refractivity contribution is -0.113. The van der Waals surface area contributed by atoms with E-state index in [1.807, 2.05) is 30.3 Å². The molecular formula is C25H20Cl2N2O4. The zero-order valence-corrected chi connectivity index (χ0v) is 19.6. The van der Waals surface area contributed by atoms with Crippen LogP contribution in [0.15, 0.2) is 71.4 Å². The highest BCUT2D eigenvalue weighted by atomic mass is 35.5. The summed E-state index contributed by atoms with van der Waals surface area (Å²) in [7, 11) is 4.69. The van der Waals surface area contributed by atoms with Gasteiger partial charge in [0.2, 0.25) is 0 Å². The van der Waals surface area contributed by atoms with Crippen molar-refractivity contribution in [1.29, 1.82) is 0 Å². The number of benzene rings is 3. The fourth-order valence-corrected chi connectivity index (χ4v) is 3.77. The van der Waals surface area contributed by atoms with E-state index >= 15 is 0 Å². The van der Waals surface area contributed by atoms with Crippen LogP contribution in [0, 0.1) is 0 Å². The fourth-order valence-electron chi connectivity index (χ4n) is 3.48. The topological polar surface area (TPSA) is 60.4 Å². The summed E-state index contributed by atoms with van der Waals surface area (Å²) in [6.45, 7) is 0. The molecule has 168 valence electrons. The molecule has 3 aromatic carbocycles. The summed E-state index contributed by atoms with van der Waals surface area (Å²) in [5.74, 6) is 1.82. The molecule has 0 unspecified atom stereocenters. The maximum Gasteiger partial charge on any atom is 0.282 e. The van der Waals surface area contributed by atoms with E-state index in [-0.39, 0.29) is 11.6 Å². The highest BCUT2D eigenvalue weighted by Gasteiger charge is 2.33. The first kappa shape index (κ1) is 22.7. The molecule has 0 aromatic heterocycles. The van der Waals surface area contributed by atoms with Crippen LogP contribution >= 0.6 is 23.2 Å². The van der Waals surface area contributed by atoms with E-state index in [0.29, 0.717) is 44.4 Å². The van der Waals surface area contributed by atoms with Gasteiger partial charge in [0.1, 0.15) is 17.3 Å². The Kier molecular flexibility index (Phi) is 6.58. The van der Waals surface area contributed by atoms with Gasteiger partial charge in [-0.15, -0.1) is 0 Å². The monoisotopic (exact) mass is 482 g/mol. The van der Waals surface area contributed by atoms with Gasteiger partial charge in [-0.3, -0.25) is 9.69 Å². The SMILES string of the molecule is COc1ccccc1/C=C1\N=C(c2ccc(OC)c(OC)c2)N(c2ccc(Cl)c(Cl)c2)C1=O. The number of hydrogen-bond acceptors (Lipinski definition) is 5. The minimum absolute atomic E-state index is 0.246. The fraction of sp³-hybridized carbons (Fsp3) is 0.120. The second-order valence-electron chi connectivity index (χ2n) is 7.02. The number of carbonyl (C=O) groups excluding carboxylic acids is 1. The van der Waals surface area contributed by atoms with Crippen molar-refractivity contribution in [3.05, 3.63) is 87.5 Å². The Morgan fingerprint density at radius 2 is 1.55 bits per heavy atom. The first-order valence-corrected chi connectivity index (χ1v) is 10.7. The molecule has 1 aliphatic heterocycles. The van der Waals surface area contributed by atoms with Crippen LogP contribution in [-0.4, -0.2) is 33.1 Å². The molecule has 0 fully saturated rings. The minimum Gasteiger partial charge on any atom is -0.496 e. The smallest absolute Gasteiger partial charge is 0.282 e. The molecule has 0 atom stereocenters. The van der Waals surface area contributed by atoms with Crippen LogP contribution in [0.5, 0.6) is 17.2 Å². The number of nitrogens with zero attached hydrogens (tertiary/aromatic N) is 2. The molecule has 0 saturated carbocycles. The third-order valence-electron chi connectivity index (χ3n) is 5.09. The Balaban J connectivity index is 1.88. The average Bonchev–Trinajstić information content (AvgIpc) is 3.16. The number of carbonyl (C=O) groups is 1. The number of anilines is 1. The van der Waals surface area contributed by atoms with Crippen molar-refractivity contribution in [2.45, 2.75) is 0 Å². The molecule has 1 aliphatic rings. The van der Waals surface area contributed by atoms with Gasteiger partial charge in [-0.05, 0) is 48.5 Å². The first-order chi connectivity index (χ1) is 16.0. The standard InChI is InChI=1S/C25H20Cl2N2O4/c1-31-21-7-5-4-6-15(21)12-20-25(30)29(17-9-10-18(26)19(27)14-17)24(28-20)16-8-11-22(32-2)23(13-16)33-3/h4-14H,1-3H3/b20-12-. The van der Waals surface area contributed by atoms with Crippen molar-refractivity contribution in [3.8, 4) is 17.2 Å². The molecule has 0 radical (unpaired) electrons. The summed E-state index contributed by atoms with van der Waals surface area (Å²) in [6.07, 6.45) is 1.69. The van der Waals surface area contributed by atoms with Crippen LogP contribution in [-0.2, 0) is 4.79 Å². The van der Waals surface area contributed by atoms with Crippen molar-refractivity contribution >= 4 is 46.7 Å². The number of aliphatic imine (C=N–C) groups is 1. The first-order valence-electron chi connectivity index (χ1n) is 9.92. The largest absolute Gasteiger partial charge is 0.496 e. The number of methoxy groups -OCH3 is 3. The summed E-state index contributed by atoms with van der Waals surface area (Å²) in [5, 5.41) is 0.720. The van der Waals surface area contributed by atoms with Crippen molar-refractivity contribution < 1.29 is 19.0 Å². The third-order valence-corrected chi connectivity index (χ3v) is 5.83. The normalized spacial score (nSPS) is 14.5. The summed E-state index contributed by atoms with van der Waals surface area (Å²) in [6, 6.07) is 17.7. The third kappa shape index (κ3) is 4.40. The van der Waals surface area contributed by atoms with Gasteiger partial charge in [-0.1, -0.05) is 41.4 Å². The van der Waals surface area contributed by atoms with Crippen LogP contribution in [0.25, 0.3) is 6.08 Å². The number of para-hydroxylation sites is 1. The highest BCUT2D eigenvalue weighted by Crippen LogP contribution is 2.35. The number of ether oxygens (including phenoxy) is 3. The lowest BCUT2D eigenvalue weighted by atomic mass is 10.1. The lowest BCUT2D eigenvalue weighted by Crippen LogP contribution is -2.32. The summed E-state index contributed by atoms with van der Waals surface area (Å²) in [5.41, 5.74) is 2.17. The van der Waals surface area contributed by atoms with Crippen molar-refractivity contribution in [2.75, 3.05) is 26.2 Å². The quantitative estimate of drug-likeness (QED) is 0.413. The lowest BCUT2D eigenvalue weighted by Gasteiger charge is -2.20.